The molecule has 0 radical (unpaired) electrons. The number of allylic oxidation sites excluding steroid dienone is 1. The van der Waals surface area contributed by atoms with Crippen LogP contribution in [0.4, 0.5) is 5.82 Å². The molecule has 0 amide bonds. The Hall–Kier alpha value is -2.48. The summed E-state index contributed by atoms with van der Waals surface area (Å²) >= 11 is 1.34. The summed E-state index contributed by atoms with van der Waals surface area (Å²) in [4.78, 5) is 32.4. The maximum absolute atomic E-state index is 12.7. The molecule has 1 atom stereocenters. The second-order valence-corrected chi connectivity index (χ2v) is 6.40. The summed E-state index contributed by atoms with van der Waals surface area (Å²) in [6.07, 6.45) is 1.83. The third-order valence-corrected chi connectivity index (χ3v) is 4.54. The van der Waals surface area contributed by atoms with E-state index in [1.807, 2.05) is 13.2 Å². The number of carbonyl (C=O) groups is 1. The van der Waals surface area contributed by atoms with Crippen LogP contribution in [-0.4, -0.2) is 28.8 Å². The molecule has 0 aromatic carbocycles. The highest BCUT2D eigenvalue weighted by atomic mass is 32.2. The van der Waals surface area contributed by atoms with Gasteiger partial charge in [0, 0.05) is 5.70 Å². The van der Waals surface area contributed by atoms with Gasteiger partial charge in [-0.2, -0.15) is 0 Å². The van der Waals surface area contributed by atoms with Gasteiger partial charge in [-0.05, 0) is 39.2 Å². The number of furan rings is 1. The number of anilines is 1. The minimum atomic E-state index is -0.670. The van der Waals surface area contributed by atoms with Gasteiger partial charge in [-0.1, -0.05) is 11.8 Å². The number of aryl methyl sites for hydroxylation is 1. The molecule has 0 aliphatic carbocycles. The Morgan fingerprint density at radius 1 is 1.40 bits per heavy atom. The second kappa shape index (κ2) is 6.79. The van der Waals surface area contributed by atoms with Gasteiger partial charge >= 0.3 is 5.97 Å². The Morgan fingerprint density at radius 3 is 2.76 bits per heavy atom. The Balaban J connectivity index is 2.24. The fourth-order valence-corrected chi connectivity index (χ4v) is 3.28. The largest absolute Gasteiger partial charge is 0.465 e. The SMILES string of the molecule is CCOC(=O)C1=C(C)Nc2nc(SC)[nH]c(=O)c2C1c1ccc(C)o1. The third-order valence-electron chi connectivity index (χ3n) is 3.96. The number of hydrogen-bond donors (Lipinski definition) is 2. The first-order chi connectivity index (χ1) is 12.0. The molecule has 0 bridgehead atoms. The maximum atomic E-state index is 12.7. The molecule has 3 rings (SSSR count). The number of ether oxygens (including phenoxy) is 1. The van der Waals surface area contributed by atoms with Gasteiger partial charge in [-0.15, -0.1) is 0 Å². The van der Waals surface area contributed by atoms with Crippen molar-refractivity contribution in [3.8, 4) is 0 Å². The summed E-state index contributed by atoms with van der Waals surface area (Å²) in [6.45, 7) is 5.56. The van der Waals surface area contributed by atoms with Crippen molar-refractivity contribution < 1.29 is 13.9 Å². The van der Waals surface area contributed by atoms with Crippen molar-refractivity contribution in [1.82, 2.24) is 9.97 Å². The number of carbonyl (C=O) groups excluding carboxylic acids is 1. The van der Waals surface area contributed by atoms with Gasteiger partial charge < -0.3 is 19.5 Å². The molecule has 132 valence electrons. The standard InChI is InChI=1S/C17H19N3O4S/c1-5-23-16(22)11-9(3)18-14-13(15(21)20-17(19-14)25-4)12(11)10-7-6-8(2)24-10/h6-7,12H,5H2,1-4H3,(H2,18,19,20,21). The van der Waals surface area contributed by atoms with Crippen molar-refractivity contribution in [3.05, 3.63) is 50.8 Å². The number of aromatic nitrogens is 2. The number of nitrogens with zero attached hydrogens (tertiary/aromatic N) is 1. The van der Waals surface area contributed by atoms with Crippen LogP contribution >= 0.6 is 11.8 Å². The molecule has 1 aliphatic rings. The number of fused-ring (bicyclic) bond motifs is 1. The van der Waals surface area contributed by atoms with E-state index in [4.69, 9.17) is 9.15 Å². The van der Waals surface area contributed by atoms with E-state index in [2.05, 4.69) is 15.3 Å². The van der Waals surface area contributed by atoms with Crippen molar-refractivity contribution in [2.75, 3.05) is 18.2 Å². The van der Waals surface area contributed by atoms with Crippen LogP contribution in [0.1, 0.15) is 36.8 Å². The molecule has 1 unspecified atom stereocenters. The van der Waals surface area contributed by atoms with Gasteiger partial charge in [-0.25, -0.2) is 9.78 Å². The van der Waals surface area contributed by atoms with Crippen molar-refractivity contribution in [2.24, 2.45) is 0 Å². The summed E-state index contributed by atoms with van der Waals surface area (Å²) in [5.74, 6) is 0.479. The zero-order chi connectivity index (χ0) is 18.1. The fraction of sp³-hybridized carbons (Fsp3) is 0.353. The highest BCUT2D eigenvalue weighted by Crippen LogP contribution is 2.40. The van der Waals surface area contributed by atoms with Crippen molar-refractivity contribution in [3.63, 3.8) is 0 Å². The van der Waals surface area contributed by atoms with E-state index < -0.39 is 11.9 Å². The molecule has 7 nitrogen and oxygen atoms in total. The van der Waals surface area contributed by atoms with Crippen LogP contribution in [-0.2, 0) is 9.53 Å². The van der Waals surface area contributed by atoms with E-state index in [0.717, 1.165) is 0 Å². The van der Waals surface area contributed by atoms with E-state index in [0.29, 0.717) is 39.3 Å². The van der Waals surface area contributed by atoms with E-state index >= 15 is 0 Å². The molecular weight excluding hydrogens is 342 g/mol. The quantitative estimate of drug-likeness (QED) is 0.491. The smallest absolute Gasteiger partial charge is 0.336 e. The number of aromatic amines is 1. The van der Waals surface area contributed by atoms with Gasteiger partial charge in [0.25, 0.3) is 5.56 Å². The third kappa shape index (κ3) is 3.09. The lowest BCUT2D eigenvalue weighted by Crippen LogP contribution is -2.31. The van der Waals surface area contributed by atoms with Crippen LogP contribution in [0.3, 0.4) is 0 Å². The lowest BCUT2D eigenvalue weighted by molar-refractivity contribution is -0.138. The number of rotatable bonds is 4. The minimum Gasteiger partial charge on any atom is -0.465 e. The predicted molar refractivity (Wildman–Crippen MR) is 94.9 cm³/mol. The summed E-state index contributed by atoms with van der Waals surface area (Å²) < 4.78 is 10.9. The molecule has 0 spiro atoms. The minimum absolute atomic E-state index is 0.242. The Labute approximate surface area is 148 Å². The number of hydrogen-bond acceptors (Lipinski definition) is 7. The zero-order valence-corrected chi connectivity index (χ0v) is 15.2. The van der Waals surface area contributed by atoms with Crippen molar-refractivity contribution >= 4 is 23.5 Å². The Bertz CT molecular complexity index is 913. The maximum Gasteiger partial charge on any atom is 0.336 e. The monoisotopic (exact) mass is 361 g/mol. The second-order valence-electron chi connectivity index (χ2n) is 5.60. The van der Waals surface area contributed by atoms with Crippen molar-refractivity contribution in [2.45, 2.75) is 31.8 Å². The van der Waals surface area contributed by atoms with Gasteiger partial charge in [0.05, 0.1) is 23.7 Å². The average Bonchev–Trinajstić information content (AvgIpc) is 2.99. The summed E-state index contributed by atoms with van der Waals surface area (Å²) in [6, 6.07) is 3.57. The Kier molecular flexibility index (Phi) is 4.71. The lowest BCUT2D eigenvalue weighted by Gasteiger charge is -2.27. The molecule has 0 saturated carbocycles. The first-order valence-corrected chi connectivity index (χ1v) is 9.08. The normalized spacial score (nSPS) is 16.4. The molecule has 8 heteroatoms. The van der Waals surface area contributed by atoms with E-state index in [-0.39, 0.29) is 12.2 Å². The van der Waals surface area contributed by atoms with Crippen LogP contribution in [0.15, 0.2) is 37.8 Å². The van der Waals surface area contributed by atoms with E-state index in [1.165, 1.54) is 11.8 Å². The van der Waals surface area contributed by atoms with E-state index in [1.54, 1.807) is 26.0 Å². The molecule has 2 N–H and O–H groups in total. The predicted octanol–water partition coefficient (Wildman–Crippen LogP) is 2.79. The number of esters is 1. The van der Waals surface area contributed by atoms with Crippen LogP contribution in [0.2, 0.25) is 0 Å². The van der Waals surface area contributed by atoms with Gasteiger partial charge in [0.2, 0.25) is 0 Å². The number of nitrogens with one attached hydrogen (secondary N) is 2. The van der Waals surface area contributed by atoms with Crippen LogP contribution < -0.4 is 10.9 Å². The van der Waals surface area contributed by atoms with Gasteiger partial charge in [0.15, 0.2) is 5.16 Å². The zero-order valence-electron chi connectivity index (χ0n) is 14.4. The van der Waals surface area contributed by atoms with Crippen LogP contribution in [0, 0.1) is 6.92 Å². The molecule has 2 aromatic rings. The van der Waals surface area contributed by atoms with Gasteiger partial charge in [0.1, 0.15) is 17.3 Å². The molecule has 3 heterocycles. The molecule has 0 saturated heterocycles. The summed E-state index contributed by atoms with van der Waals surface area (Å²) in [7, 11) is 0. The van der Waals surface area contributed by atoms with Crippen LogP contribution in [0.25, 0.3) is 0 Å². The number of H-pyrrole nitrogens is 1. The molecule has 25 heavy (non-hydrogen) atoms. The Morgan fingerprint density at radius 2 is 2.16 bits per heavy atom. The highest BCUT2D eigenvalue weighted by Gasteiger charge is 2.38. The molecular formula is C17H19N3O4S. The topological polar surface area (TPSA) is 97.2 Å². The summed E-state index contributed by atoms with van der Waals surface area (Å²) in [5.41, 5.74) is 0.985. The molecule has 0 fully saturated rings. The fourth-order valence-electron chi connectivity index (χ4n) is 2.90. The summed E-state index contributed by atoms with van der Waals surface area (Å²) in [5, 5.41) is 3.56. The molecule has 1 aliphatic heterocycles. The number of thioether (sulfide) groups is 1. The van der Waals surface area contributed by atoms with Crippen molar-refractivity contribution in [1.29, 1.82) is 0 Å². The van der Waals surface area contributed by atoms with E-state index in [9.17, 15) is 9.59 Å². The lowest BCUT2D eigenvalue weighted by atomic mass is 9.86. The van der Waals surface area contributed by atoms with Gasteiger partial charge in [-0.3, -0.25) is 4.79 Å². The van der Waals surface area contributed by atoms with Crippen LogP contribution in [0.5, 0.6) is 0 Å². The molecule has 2 aromatic heterocycles. The highest BCUT2D eigenvalue weighted by molar-refractivity contribution is 7.98. The first kappa shape index (κ1) is 17.3. The first-order valence-electron chi connectivity index (χ1n) is 7.85. The average molecular weight is 361 g/mol.